The van der Waals surface area contributed by atoms with Gasteiger partial charge in [0.1, 0.15) is 0 Å². The van der Waals surface area contributed by atoms with Crippen molar-refractivity contribution < 1.29 is 38.1 Å². The third kappa shape index (κ3) is 7.54. The number of halogens is 2. The number of amides is 2. The molecule has 196 valence electrons. The van der Waals surface area contributed by atoms with Gasteiger partial charge in [-0.3, -0.25) is 9.59 Å². The Hall–Kier alpha value is -2.92. The van der Waals surface area contributed by atoms with Crippen LogP contribution in [0.3, 0.4) is 0 Å². The molecule has 2 aromatic carbocycles. The van der Waals surface area contributed by atoms with Gasteiger partial charge in [0, 0.05) is 12.8 Å². The van der Waals surface area contributed by atoms with Gasteiger partial charge in [-0.05, 0) is 11.1 Å². The Kier molecular flexibility index (Phi) is 9.89. The molecule has 2 aliphatic heterocycles. The zero-order valence-electron chi connectivity index (χ0n) is 19.9. The van der Waals surface area contributed by atoms with Crippen molar-refractivity contribution in [3.8, 4) is 0 Å². The van der Waals surface area contributed by atoms with Gasteiger partial charge < -0.3 is 30.3 Å². The first-order chi connectivity index (χ1) is 17.3. The molecule has 0 aromatic heterocycles. The average Bonchev–Trinajstić information content (AvgIpc) is 3.35. The lowest BCUT2D eigenvalue weighted by Gasteiger charge is -2.16. The van der Waals surface area contributed by atoms with E-state index in [-0.39, 0.29) is 52.5 Å². The number of hydrogen-bond acceptors (Lipinski definition) is 6. The fourth-order valence-electron chi connectivity index (χ4n) is 3.98. The zero-order valence-corrected chi connectivity index (χ0v) is 19.9. The van der Waals surface area contributed by atoms with Crippen molar-refractivity contribution in [2.45, 2.75) is 49.5 Å². The molecule has 0 spiro atoms. The van der Waals surface area contributed by atoms with Crippen LogP contribution in [0.1, 0.15) is 24.0 Å². The molecule has 0 unspecified atom stereocenters. The maximum atomic E-state index is 14.2. The highest BCUT2D eigenvalue weighted by Crippen LogP contribution is 2.27. The van der Waals surface area contributed by atoms with Gasteiger partial charge in [0.2, 0.25) is 11.3 Å². The second-order valence-electron chi connectivity index (χ2n) is 9.00. The van der Waals surface area contributed by atoms with Gasteiger partial charge >= 0.3 is 0 Å². The number of benzene rings is 2. The summed E-state index contributed by atoms with van der Waals surface area (Å²) < 4.78 is 38.9. The molecule has 0 radical (unpaired) electrons. The highest BCUT2D eigenvalue weighted by Gasteiger charge is 2.48. The molecule has 10 heteroatoms. The smallest absolute Gasteiger partial charge is 0.260 e. The van der Waals surface area contributed by atoms with E-state index in [2.05, 4.69) is 10.6 Å². The molecule has 8 nitrogen and oxygen atoms in total. The Morgan fingerprint density at radius 1 is 0.722 bits per heavy atom. The SMILES string of the molecule is O=C1N[C@H](CO)C[C@@]1(F)COCc1ccccc1.O=C1N[C@H](CO)C[C@]1(F)COCc1ccccc1. The Balaban J connectivity index is 0.000000201. The van der Waals surface area contributed by atoms with Crippen LogP contribution in [-0.2, 0) is 32.3 Å². The largest absolute Gasteiger partial charge is 0.394 e. The summed E-state index contributed by atoms with van der Waals surface area (Å²) in [6.07, 6.45) is -0.0890. The van der Waals surface area contributed by atoms with E-state index >= 15 is 0 Å². The summed E-state index contributed by atoms with van der Waals surface area (Å²) in [6.45, 7) is -0.548. The van der Waals surface area contributed by atoms with Crippen LogP contribution in [0.25, 0.3) is 0 Å². The van der Waals surface area contributed by atoms with Crippen molar-refractivity contribution in [3.05, 3.63) is 71.8 Å². The Labute approximate surface area is 208 Å². The maximum absolute atomic E-state index is 14.2. The first kappa shape index (κ1) is 27.7. The molecule has 0 saturated carbocycles. The zero-order chi connectivity index (χ0) is 26.0. The van der Waals surface area contributed by atoms with E-state index in [0.717, 1.165) is 11.1 Å². The van der Waals surface area contributed by atoms with Crippen molar-refractivity contribution >= 4 is 11.8 Å². The average molecular weight is 507 g/mol. The molecule has 0 aliphatic carbocycles. The number of hydrogen-bond donors (Lipinski definition) is 4. The van der Waals surface area contributed by atoms with Gasteiger partial charge in [-0.2, -0.15) is 0 Å². The minimum absolute atomic E-state index is 0.0445. The quantitative estimate of drug-likeness (QED) is 0.389. The standard InChI is InChI=1S/2C13H16FNO3/c2*14-13(6-11(7-16)15-12(13)17)9-18-8-10-4-2-1-3-5-10/h2*1-5,11,16H,6-9H2,(H,15,17)/t11-,13+;11-,13-/m00/s1. The number of ether oxygens (including phenoxy) is 2. The van der Waals surface area contributed by atoms with Crippen molar-refractivity contribution in [3.63, 3.8) is 0 Å². The van der Waals surface area contributed by atoms with Crippen LogP contribution >= 0.6 is 0 Å². The van der Waals surface area contributed by atoms with Crippen LogP contribution in [0.5, 0.6) is 0 Å². The van der Waals surface area contributed by atoms with Crippen LogP contribution in [0.2, 0.25) is 0 Å². The number of aliphatic hydroxyl groups is 2. The highest BCUT2D eigenvalue weighted by molar-refractivity contribution is 5.88. The topological polar surface area (TPSA) is 117 Å². The summed E-state index contributed by atoms with van der Waals surface area (Å²) in [7, 11) is 0. The number of aliphatic hydroxyl groups excluding tert-OH is 2. The molecular formula is C26H32F2N2O6. The summed E-state index contributed by atoms with van der Waals surface area (Å²) in [5, 5.41) is 22.6. The third-order valence-electron chi connectivity index (χ3n) is 5.95. The molecular weight excluding hydrogens is 474 g/mol. The first-order valence-electron chi connectivity index (χ1n) is 11.7. The molecule has 2 aromatic rings. The lowest BCUT2D eigenvalue weighted by Crippen LogP contribution is -2.38. The Morgan fingerprint density at radius 3 is 1.39 bits per heavy atom. The van der Waals surface area contributed by atoms with Gasteiger partial charge in [0.25, 0.3) is 11.8 Å². The summed E-state index contributed by atoms with van der Waals surface area (Å²) in [4.78, 5) is 22.9. The summed E-state index contributed by atoms with van der Waals surface area (Å²) in [5.41, 5.74) is -2.19. The van der Waals surface area contributed by atoms with Crippen molar-refractivity contribution in [2.75, 3.05) is 26.4 Å². The molecule has 0 bridgehead atoms. The van der Waals surface area contributed by atoms with Crippen LogP contribution < -0.4 is 10.6 Å². The Morgan fingerprint density at radius 2 is 1.08 bits per heavy atom. The minimum Gasteiger partial charge on any atom is -0.394 e. The van der Waals surface area contributed by atoms with Crippen molar-refractivity contribution in [1.82, 2.24) is 10.6 Å². The molecule has 2 heterocycles. The van der Waals surface area contributed by atoms with Gasteiger partial charge in [0.05, 0.1) is 51.7 Å². The Bertz CT molecular complexity index is 903. The number of alkyl halides is 2. The fraction of sp³-hybridized carbons (Fsp3) is 0.462. The predicted octanol–water partition coefficient (Wildman–Crippen LogP) is 1.58. The van der Waals surface area contributed by atoms with Gasteiger partial charge in [-0.1, -0.05) is 60.7 Å². The van der Waals surface area contributed by atoms with E-state index in [9.17, 15) is 18.4 Å². The number of nitrogens with one attached hydrogen (secondary N) is 2. The van der Waals surface area contributed by atoms with E-state index < -0.39 is 35.2 Å². The molecule has 36 heavy (non-hydrogen) atoms. The lowest BCUT2D eigenvalue weighted by molar-refractivity contribution is -0.133. The van der Waals surface area contributed by atoms with E-state index in [1.807, 2.05) is 60.7 Å². The van der Waals surface area contributed by atoms with Crippen molar-refractivity contribution in [1.29, 1.82) is 0 Å². The van der Waals surface area contributed by atoms with Crippen LogP contribution in [0.4, 0.5) is 8.78 Å². The molecule has 2 aliphatic rings. The highest BCUT2D eigenvalue weighted by atomic mass is 19.1. The van der Waals surface area contributed by atoms with Crippen molar-refractivity contribution in [2.24, 2.45) is 0 Å². The second kappa shape index (κ2) is 12.9. The normalized spacial score (nSPS) is 27.2. The molecule has 4 rings (SSSR count). The van der Waals surface area contributed by atoms with Gasteiger partial charge in [0.15, 0.2) is 0 Å². The van der Waals surface area contributed by atoms with Crippen LogP contribution in [0.15, 0.2) is 60.7 Å². The van der Waals surface area contributed by atoms with E-state index in [1.165, 1.54) is 0 Å². The molecule has 2 saturated heterocycles. The van der Waals surface area contributed by atoms with Crippen LogP contribution in [0, 0.1) is 0 Å². The number of carbonyl (C=O) groups is 2. The monoisotopic (exact) mass is 506 g/mol. The number of rotatable bonds is 10. The fourth-order valence-corrected chi connectivity index (χ4v) is 3.98. The lowest BCUT2D eigenvalue weighted by atomic mass is 10.0. The maximum Gasteiger partial charge on any atom is 0.260 e. The predicted molar refractivity (Wildman–Crippen MR) is 127 cm³/mol. The minimum atomic E-state index is -2.03. The number of carbonyl (C=O) groups excluding carboxylic acids is 2. The van der Waals surface area contributed by atoms with Gasteiger partial charge in [-0.15, -0.1) is 0 Å². The molecule has 4 N–H and O–H groups in total. The molecule has 4 atom stereocenters. The van der Waals surface area contributed by atoms with E-state index in [1.54, 1.807) is 0 Å². The summed E-state index contributed by atoms with van der Waals surface area (Å²) >= 11 is 0. The summed E-state index contributed by atoms with van der Waals surface area (Å²) in [5.74, 6) is -1.40. The molecule has 2 fully saturated rings. The first-order valence-corrected chi connectivity index (χ1v) is 11.7. The molecule has 2 amide bonds. The third-order valence-corrected chi connectivity index (χ3v) is 5.95. The van der Waals surface area contributed by atoms with Crippen LogP contribution in [-0.4, -0.2) is 71.9 Å². The second-order valence-corrected chi connectivity index (χ2v) is 9.00. The van der Waals surface area contributed by atoms with E-state index in [4.69, 9.17) is 19.7 Å². The van der Waals surface area contributed by atoms with E-state index in [0.29, 0.717) is 0 Å². The van der Waals surface area contributed by atoms with Gasteiger partial charge in [-0.25, -0.2) is 8.78 Å². The summed E-state index contributed by atoms with van der Waals surface area (Å²) in [6, 6.07) is 17.7.